The molecule has 0 aliphatic carbocycles. The number of hydrogen-bond acceptors (Lipinski definition) is 4. The average Bonchev–Trinajstić information content (AvgIpc) is 2.65. The maximum Gasteiger partial charge on any atom is 0.410 e. The second kappa shape index (κ2) is 12.4. The quantitative estimate of drug-likeness (QED) is 0.259. The molecule has 164 valence electrons. The van der Waals surface area contributed by atoms with Crippen LogP contribution in [0, 0.1) is 5.92 Å². The third-order valence-corrected chi connectivity index (χ3v) is 4.67. The number of aromatic nitrogens is 1. The van der Waals surface area contributed by atoms with Crippen LogP contribution in [0.1, 0.15) is 39.2 Å². The molecule has 1 amide bonds. The molecule has 0 radical (unpaired) electrons. The van der Waals surface area contributed by atoms with Gasteiger partial charge in [0.1, 0.15) is 10.8 Å². The molecule has 0 saturated carbocycles. The number of amides is 1. The van der Waals surface area contributed by atoms with Crippen LogP contribution in [-0.4, -0.2) is 60.8 Å². The zero-order valence-corrected chi connectivity index (χ0v) is 20.8. The van der Waals surface area contributed by atoms with Crippen molar-refractivity contribution >= 4 is 47.6 Å². The zero-order chi connectivity index (χ0) is 20.6. The predicted octanol–water partition coefficient (Wildman–Crippen LogP) is 3.71. The lowest BCUT2D eigenvalue weighted by Gasteiger charge is -2.34. The number of ether oxygens (including phenoxy) is 1. The van der Waals surface area contributed by atoms with E-state index in [0.717, 1.165) is 50.4 Å². The molecule has 1 aliphatic rings. The Morgan fingerprint density at radius 3 is 2.76 bits per heavy atom. The van der Waals surface area contributed by atoms with Gasteiger partial charge in [-0.1, -0.05) is 17.7 Å². The fraction of sp³-hybridized carbons (Fsp3) is 0.650. The highest BCUT2D eigenvalue weighted by atomic mass is 127. The first-order valence-corrected chi connectivity index (χ1v) is 10.2. The standard InChI is InChI=1S/C20H32ClN5O2.HI/c1-20(2,3)28-19(27)26-11-5-6-16(14-26)13-25-18(22-4)23-10-9-15-7-8-17(21)24-12-15;/h7-8,12,16H,5-6,9-11,13-14H2,1-4H3,(H2,22,23,25);1H. The van der Waals surface area contributed by atoms with Gasteiger partial charge >= 0.3 is 6.09 Å². The minimum atomic E-state index is -0.464. The number of nitrogens with one attached hydrogen (secondary N) is 2. The third kappa shape index (κ3) is 9.84. The number of pyridine rings is 1. The molecule has 1 fully saturated rings. The number of carbonyl (C=O) groups excluding carboxylic acids is 1. The summed E-state index contributed by atoms with van der Waals surface area (Å²) in [6.07, 6.45) is 4.46. The predicted molar refractivity (Wildman–Crippen MR) is 128 cm³/mol. The van der Waals surface area contributed by atoms with Gasteiger partial charge in [0, 0.05) is 39.4 Å². The van der Waals surface area contributed by atoms with Gasteiger partial charge in [-0.15, -0.1) is 24.0 Å². The van der Waals surface area contributed by atoms with Crippen molar-refractivity contribution in [2.45, 2.75) is 45.6 Å². The number of aliphatic imine (C=N–C) groups is 1. The number of guanidine groups is 1. The van der Waals surface area contributed by atoms with Crippen molar-refractivity contribution in [3.8, 4) is 0 Å². The molecule has 0 bridgehead atoms. The maximum atomic E-state index is 12.3. The van der Waals surface area contributed by atoms with E-state index in [2.05, 4.69) is 20.6 Å². The number of halogens is 2. The van der Waals surface area contributed by atoms with Crippen molar-refractivity contribution < 1.29 is 9.53 Å². The fourth-order valence-corrected chi connectivity index (χ4v) is 3.18. The van der Waals surface area contributed by atoms with E-state index in [-0.39, 0.29) is 30.1 Å². The van der Waals surface area contributed by atoms with Crippen LogP contribution in [0.5, 0.6) is 0 Å². The van der Waals surface area contributed by atoms with Crippen LogP contribution in [0.15, 0.2) is 23.3 Å². The Morgan fingerprint density at radius 2 is 2.14 bits per heavy atom. The summed E-state index contributed by atoms with van der Waals surface area (Å²) in [5, 5.41) is 7.18. The molecule has 0 spiro atoms. The third-order valence-electron chi connectivity index (χ3n) is 4.45. The van der Waals surface area contributed by atoms with Gasteiger partial charge < -0.3 is 20.3 Å². The van der Waals surface area contributed by atoms with Crippen molar-refractivity contribution in [1.82, 2.24) is 20.5 Å². The van der Waals surface area contributed by atoms with Crippen LogP contribution in [0.2, 0.25) is 5.15 Å². The van der Waals surface area contributed by atoms with Gasteiger partial charge in [-0.2, -0.15) is 0 Å². The molecule has 0 aromatic carbocycles. The molecule has 1 saturated heterocycles. The molecular formula is C20H33ClIN5O2. The number of carbonyl (C=O) groups is 1. The van der Waals surface area contributed by atoms with Gasteiger partial charge in [0.2, 0.25) is 0 Å². The van der Waals surface area contributed by atoms with Gasteiger partial charge in [-0.3, -0.25) is 4.99 Å². The fourth-order valence-electron chi connectivity index (χ4n) is 3.07. The molecule has 9 heteroatoms. The molecule has 1 aliphatic heterocycles. The van der Waals surface area contributed by atoms with Crippen molar-refractivity contribution in [3.05, 3.63) is 29.0 Å². The van der Waals surface area contributed by atoms with E-state index < -0.39 is 5.60 Å². The summed E-state index contributed by atoms with van der Waals surface area (Å²) in [7, 11) is 1.76. The van der Waals surface area contributed by atoms with Crippen molar-refractivity contribution in [2.24, 2.45) is 10.9 Å². The van der Waals surface area contributed by atoms with Crippen LogP contribution >= 0.6 is 35.6 Å². The molecule has 2 N–H and O–H groups in total. The highest BCUT2D eigenvalue weighted by Crippen LogP contribution is 2.18. The monoisotopic (exact) mass is 537 g/mol. The number of hydrogen-bond donors (Lipinski definition) is 2. The number of likely N-dealkylation sites (tertiary alicyclic amines) is 1. The maximum absolute atomic E-state index is 12.3. The number of piperidine rings is 1. The van der Waals surface area contributed by atoms with E-state index in [1.54, 1.807) is 19.3 Å². The van der Waals surface area contributed by atoms with Crippen molar-refractivity contribution in [1.29, 1.82) is 0 Å². The Morgan fingerprint density at radius 1 is 1.38 bits per heavy atom. The van der Waals surface area contributed by atoms with Crippen molar-refractivity contribution in [2.75, 3.05) is 33.2 Å². The van der Waals surface area contributed by atoms with Crippen LogP contribution in [0.4, 0.5) is 4.79 Å². The first-order chi connectivity index (χ1) is 13.3. The van der Waals surface area contributed by atoms with Crippen LogP contribution in [-0.2, 0) is 11.2 Å². The Balaban J connectivity index is 0.00000420. The molecular weight excluding hydrogens is 505 g/mol. The summed E-state index contributed by atoms with van der Waals surface area (Å²) in [4.78, 5) is 22.5. The topological polar surface area (TPSA) is 78.9 Å². The SMILES string of the molecule is CN=C(NCCc1ccc(Cl)nc1)NCC1CCCN(C(=O)OC(C)(C)C)C1.I. The largest absolute Gasteiger partial charge is 0.444 e. The van der Waals surface area contributed by atoms with E-state index >= 15 is 0 Å². The lowest BCUT2D eigenvalue weighted by Crippen LogP contribution is -2.47. The summed E-state index contributed by atoms with van der Waals surface area (Å²) in [5.74, 6) is 1.14. The summed E-state index contributed by atoms with van der Waals surface area (Å²) in [6.45, 7) is 8.65. The number of rotatable bonds is 5. The molecule has 1 aromatic heterocycles. The first-order valence-electron chi connectivity index (χ1n) is 9.79. The minimum Gasteiger partial charge on any atom is -0.444 e. The first kappa shape index (κ1) is 25.7. The van der Waals surface area contributed by atoms with Gasteiger partial charge in [-0.25, -0.2) is 9.78 Å². The van der Waals surface area contributed by atoms with Gasteiger partial charge in [-0.05, 0) is 57.6 Å². The smallest absolute Gasteiger partial charge is 0.410 e. The molecule has 1 atom stereocenters. The highest BCUT2D eigenvalue weighted by Gasteiger charge is 2.27. The highest BCUT2D eigenvalue weighted by molar-refractivity contribution is 14.0. The average molecular weight is 538 g/mol. The molecule has 1 unspecified atom stereocenters. The lowest BCUT2D eigenvalue weighted by atomic mass is 9.98. The molecule has 7 nitrogen and oxygen atoms in total. The minimum absolute atomic E-state index is 0. The number of nitrogens with zero attached hydrogens (tertiary/aromatic N) is 3. The molecule has 1 aromatic rings. The Kier molecular flexibility index (Phi) is 11.0. The van der Waals surface area contributed by atoms with Gasteiger partial charge in [0.15, 0.2) is 5.96 Å². The van der Waals surface area contributed by atoms with Gasteiger partial charge in [0.05, 0.1) is 0 Å². The summed E-state index contributed by atoms with van der Waals surface area (Å²) in [6, 6.07) is 3.77. The summed E-state index contributed by atoms with van der Waals surface area (Å²) in [5.41, 5.74) is 0.654. The molecule has 2 rings (SSSR count). The van der Waals surface area contributed by atoms with Crippen molar-refractivity contribution in [3.63, 3.8) is 0 Å². The Hall–Kier alpha value is -1.29. The second-order valence-corrected chi connectivity index (χ2v) is 8.44. The van der Waals surface area contributed by atoms with E-state index in [0.29, 0.717) is 17.6 Å². The zero-order valence-electron chi connectivity index (χ0n) is 17.7. The van der Waals surface area contributed by atoms with Crippen LogP contribution in [0.25, 0.3) is 0 Å². The Labute approximate surface area is 196 Å². The lowest BCUT2D eigenvalue weighted by molar-refractivity contribution is 0.0168. The summed E-state index contributed by atoms with van der Waals surface area (Å²) < 4.78 is 5.49. The van der Waals surface area contributed by atoms with Crippen LogP contribution < -0.4 is 10.6 Å². The second-order valence-electron chi connectivity index (χ2n) is 8.05. The summed E-state index contributed by atoms with van der Waals surface area (Å²) >= 11 is 5.81. The van der Waals surface area contributed by atoms with E-state index in [1.165, 1.54) is 0 Å². The molecule has 29 heavy (non-hydrogen) atoms. The molecule has 2 heterocycles. The Bertz CT molecular complexity index is 664. The van der Waals surface area contributed by atoms with E-state index in [1.807, 2.05) is 31.7 Å². The van der Waals surface area contributed by atoms with Gasteiger partial charge in [0.25, 0.3) is 0 Å². The normalized spacial score (nSPS) is 17.3. The van der Waals surface area contributed by atoms with Crippen LogP contribution in [0.3, 0.4) is 0 Å². The van der Waals surface area contributed by atoms with E-state index in [4.69, 9.17) is 16.3 Å². The van der Waals surface area contributed by atoms with E-state index in [9.17, 15) is 4.79 Å².